The van der Waals surface area contributed by atoms with Crippen molar-refractivity contribution >= 4 is 28.4 Å². The molecule has 3 aromatic carbocycles. The van der Waals surface area contributed by atoms with Gasteiger partial charge in [-0.25, -0.2) is 0 Å². The number of amides is 1. The van der Waals surface area contributed by atoms with Crippen LogP contribution in [0.1, 0.15) is 27.0 Å². The van der Waals surface area contributed by atoms with Gasteiger partial charge in [-0.2, -0.15) is 22.0 Å². The van der Waals surface area contributed by atoms with Crippen molar-refractivity contribution in [1.82, 2.24) is 15.5 Å². The highest BCUT2D eigenvalue weighted by molar-refractivity contribution is 6.31. The molecule has 38 heavy (non-hydrogen) atoms. The first-order valence-electron chi connectivity index (χ1n) is 11.0. The fraction of sp³-hybridized carbons (Fsp3) is 0.192. The molecule has 0 radical (unpaired) electrons. The number of halogens is 6. The van der Waals surface area contributed by atoms with Gasteiger partial charge in [-0.05, 0) is 35.9 Å². The lowest BCUT2D eigenvalue weighted by molar-refractivity contribution is -0.137. The van der Waals surface area contributed by atoms with E-state index < -0.39 is 41.6 Å². The summed E-state index contributed by atoms with van der Waals surface area (Å²) in [6.07, 6.45) is -4.64. The summed E-state index contributed by atoms with van der Waals surface area (Å²) in [5.41, 5.74) is -0.921. The third-order valence-electron chi connectivity index (χ3n) is 5.45. The number of hydrogen-bond donors (Lipinski definition) is 1. The maximum Gasteiger partial charge on any atom is 0.416 e. The van der Waals surface area contributed by atoms with Crippen LogP contribution in [0.25, 0.3) is 10.9 Å². The molecular weight excluding hydrogens is 533 g/mol. The largest absolute Gasteiger partial charge is 0.437 e. The number of aromatic nitrogens is 2. The smallest absolute Gasteiger partial charge is 0.416 e. The highest BCUT2D eigenvalue weighted by Crippen LogP contribution is 2.36. The normalized spacial score (nSPS) is 12.0. The molecule has 0 aliphatic rings. The number of nitrogens with one attached hydrogen (secondary N) is 1. The highest BCUT2D eigenvalue weighted by atomic mass is 35.5. The minimum absolute atomic E-state index is 0.180. The van der Waals surface area contributed by atoms with Crippen molar-refractivity contribution in [3.63, 3.8) is 0 Å². The SMILES string of the molecule is COCc1ccc(C(F)(F)CNC(=O)c2c(Oc3cccc(C(F)(F)F)c3)nnc3ccccc23)c(Cl)c1. The van der Waals surface area contributed by atoms with Crippen LogP contribution >= 0.6 is 11.6 Å². The molecule has 0 aliphatic carbocycles. The predicted molar refractivity (Wildman–Crippen MR) is 129 cm³/mol. The number of ether oxygens (including phenoxy) is 2. The van der Waals surface area contributed by atoms with Gasteiger partial charge in [0.1, 0.15) is 11.3 Å². The molecule has 4 rings (SSSR count). The Bertz CT molecular complexity index is 1480. The molecule has 0 spiro atoms. The van der Waals surface area contributed by atoms with Gasteiger partial charge in [-0.15, -0.1) is 10.2 Å². The maximum absolute atomic E-state index is 15.0. The fourth-order valence-corrected chi connectivity index (χ4v) is 4.00. The van der Waals surface area contributed by atoms with Crippen LogP contribution < -0.4 is 10.1 Å². The van der Waals surface area contributed by atoms with Crippen molar-refractivity contribution < 1.29 is 36.2 Å². The molecule has 0 unspecified atom stereocenters. The summed E-state index contributed by atoms with van der Waals surface area (Å²) in [4.78, 5) is 13.2. The zero-order valence-corrected chi connectivity index (χ0v) is 20.4. The van der Waals surface area contributed by atoms with Gasteiger partial charge in [0.25, 0.3) is 17.7 Å². The van der Waals surface area contributed by atoms with Crippen LogP contribution in [0, 0.1) is 0 Å². The third-order valence-corrected chi connectivity index (χ3v) is 5.76. The van der Waals surface area contributed by atoms with E-state index in [1.165, 1.54) is 37.4 Å². The van der Waals surface area contributed by atoms with Crippen molar-refractivity contribution in [2.24, 2.45) is 0 Å². The highest BCUT2D eigenvalue weighted by Gasteiger charge is 2.35. The average Bonchev–Trinajstić information content (AvgIpc) is 2.87. The Morgan fingerprint density at radius 1 is 0.974 bits per heavy atom. The second-order valence-corrected chi connectivity index (χ2v) is 8.57. The standard InChI is InChI=1S/C26H19ClF5N3O3/c1-37-13-15-9-10-19(20(27)11-15)25(28,29)14-33-23(36)22-18-7-2-3-8-21(18)34-35-24(22)38-17-6-4-5-16(12-17)26(30,31)32/h2-12H,13-14H2,1H3,(H,33,36). The van der Waals surface area contributed by atoms with Crippen LogP contribution in [-0.4, -0.2) is 29.8 Å². The van der Waals surface area contributed by atoms with E-state index in [1.54, 1.807) is 12.1 Å². The van der Waals surface area contributed by atoms with Gasteiger partial charge in [-0.1, -0.05) is 48.0 Å². The van der Waals surface area contributed by atoms with Crippen molar-refractivity contribution in [3.05, 3.63) is 94.0 Å². The van der Waals surface area contributed by atoms with E-state index in [0.717, 1.165) is 24.3 Å². The van der Waals surface area contributed by atoms with Crippen LogP contribution in [0.15, 0.2) is 66.7 Å². The molecule has 0 aliphatic heterocycles. The van der Waals surface area contributed by atoms with Crippen molar-refractivity contribution in [2.45, 2.75) is 18.7 Å². The number of rotatable bonds is 8. The first kappa shape index (κ1) is 27.2. The summed E-state index contributed by atoms with van der Waals surface area (Å²) in [7, 11) is 1.45. The Balaban J connectivity index is 1.64. The Kier molecular flexibility index (Phi) is 7.79. The van der Waals surface area contributed by atoms with Gasteiger partial charge >= 0.3 is 6.18 Å². The molecule has 0 atom stereocenters. The van der Waals surface area contributed by atoms with Gasteiger partial charge in [0.15, 0.2) is 0 Å². The van der Waals surface area contributed by atoms with E-state index in [2.05, 4.69) is 15.5 Å². The summed E-state index contributed by atoms with van der Waals surface area (Å²) in [5, 5.41) is 9.91. The lowest BCUT2D eigenvalue weighted by Gasteiger charge is -2.20. The van der Waals surface area contributed by atoms with Gasteiger partial charge in [0.05, 0.1) is 29.3 Å². The number of hydrogen-bond acceptors (Lipinski definition) is 5. The van der Waals surface area contributed by atoms with Crippen molar-refractivity contribution in [3.8, 4) is 11.6 Å². The molecule has 0 fully saturated rings. The predicted octanol–water partition coefficient (Wildman–Crippen LogP) is 6.76. The molecule has 6 nitrogen and oxygen atoms in total. The van der Waals surface area contributed by atoms with Crippen molar-refractivity contribution in [1.29, 1.82) is 0 Å². The Labute approximate surface area is 218 Å². The van der Waals surface area contributed by atoms with Gasteiger partial charge in [0, 0.05) is 18.1 Å². The van der Waals surface area contributed by atoms with Crippen LogP contribution in [0.2, 0.25) is 5.02 Å². The van der Waals surface area contributed by atoms with E-state index in [0.29, 0.717) is 5.56 Å². The number of alkyl halides is 5. The van der Waals surface area contributed by atoms with E-state index >= 15 is 8.78 Å². The monoisotopic (exact) mass is 551 g/mol. The summed E-state index contributed by atoms with van der Waals surface area (Å²) in [6.45, 7) is -0.950. The third kappa shape index (κ3) is 6.00. The van der Waals surface area contributed by atoms with E-state index in [-0.39, 0.29) is 33.8 Å². The first-order chi connectivity index (χ1) is 18.0. The molecule has 1 amide bonds. The number of carbonyl (C=O) groups is 1. The maximum atomic E-state index is 15.0. The van der Waals surface area contributed by atoms with E-state index in [9.17, 15) is 18.0 Å². The van der Waals surface area contributed by atoms with Crippen LogP contribution in [0.3, 0.4) is 0 Å². The van der Waals surface area contributed by atoms with Gasteiger partial charge < -0.3 is 14.8 Å². The molecule has 198 valence electrons. The Morgan fingerprint density at radius 3 is 2.45 bits per heavy atom. The fourth-order valence-electron chi connectivity index (χ4n) is 3.66. The summed E-state index contributed by atoms with van der Waals surface area (Å²) in [6, 6.07) is 14.1. The second kappa shape index (κ2) is 10.9. The van der Waals surface area contributed by atoms with Gasteiger partial charge in [0.2, 0.25) is 0 Å². The molecule has 1 heterocycles. The topological polar surface area (TPSA) is 73.3 Å². The number of fused-ring (bicyclic) bond motifs is 1. The lowest BCUT2D eigenvalue weighted by atomic mass is 10.1. The first-order valence-corrected chi connectivity index (χ1v) is 11.4. The minimum Gasteiger partial charge on any atom is -0.437 e. The van der Waals surface area contributed by atoms with E-state index in [1.807, 2.05) is 0 Å². The summed E-state index contributed by atoms with van der Waals surface area (Å²) >= 11 is 6.05. The molecular formula is C26H19ClF5N3O3. The Morgan fingerprint density at radius 2 is 1.74 bits per heavy atom. The second-order valence-electron chi connectivity index (χ2n) is 8.16. The quantitative estimate of drug-likeness (QED) is 0.245. The minimum atomic E-state index is -4.64. The molecule has 0 saturated carbocycles. The molecule has 1 aromatic heterocycles. The lowest BCUT2D eigenvalue weighted by Crippen LogP contribution is -2.35. The van der Waals surface area contributed by atoms with Crippen molar-refractivity contribution in [2.75, 3.05) is 13.7 Å². The van der Waals surface area contributed by atoms with Crippen LogP contribution in [0.4, 0.5) is 22.0 Å². The average molecular weight is 552 g/mol. The zero-order chi connectivity index (χ0) is 27.5. The number of carbonyl (C=O) groups excluding carboxylic acids is 1. The van der Waals surface area contributed by atoms with Crippen LogP contribution in [-0.2, 0) is 23.4 Å². The zero-order valence-electron chi connectivity index (χ0n) is 19.7. The molecule has 12 heteroatoms. The molecule has 4 aromatic rings. The number of benzene rings is 3. The molecule has 0 bridgehead atoms. The summed E-state index contributed by atoms with van der Waals surface area (Å²) in [5.74, 6) is -5.28. The molecule has 1 N–H and O–H groups in total. The Hall–Kier alpha value is -3.83. The number of methoxy groups -OCH3 is 1. The summed E-state index contributed by atoms with van der Waals surface area (Å²) < 4.78 is 79.9. The number of nitrogens with zero attached hydrogens (tertiary/aromatic N) is 2. The van der Waals surface area contributed by atoms with E-state index in [4.69, 9.17) is 21.1 Å². The van der Waals surface area contributed by atoms with Gasteiger partial charge in [-0.3, -0.25) is 4.79 Å². The molecule has 0 saturated heterocycles. The van der Waals surface area contributed by atoms with Crippen LogP contribution in [0.5, 0.6) is 11.6 Å².